The van der Waals surface area contributed by atoms with Gasteiger partial charge in [-0.3, -0.25) is 0 Å². The molecule has 0 saturated heterocycles. The van der Waals surface area contributed by atoms with Crippen molar-refractivity contribution in [3.63, 3.8) is 0 Å². The maximum absolute atomic E-state index is 5.93. The molecular formula is C28H28NO2P. The van der Waals surface area contributed by atoms with Gasteiger partial charge in [-0.05, 0) is 42.0 Å². The molecule has 0 bridgehead atoms. The fourth-order valence-corrected chi connectivity index (χ4v) is 6.50. The zero-order valence-corrected chi connectivity index (χ0v) is 19.8. The van der Waals surface area contributed by atoms with Crippen molar-refractivity contribution >= 4 is 29.5 Å². The number of ether oxygens (including phenoxy) is 2. The summed E-state index contributed by atoms with van der Waals surface area (Å²) in [5.41, 5.74) is 3.22. The van der Waals surface area contributed by atoms with Gasteiger partial charge in [-0.25, -0.2) is 0 Å². The van der Waals surface area contributed by atoms with Crippen LogP contribution in [0.15, 0.2) is 97.1 Å². The molecule has 0 fully saturated rings. The Bertz CT molecular complexity index is 1140. The Morgan fingerprint density at radius 1 is 0.562 bits per heavy atom. The van der Waals surface area contributed by atoms with E-state index in [9.17, 15) is 0 Å². The predicted molar refractivity (Wildman–Crippen MR) is 138 cm³/mol. The van der Waals surface area contributed by atoms with Gasteiger partial charge < -0.3 is 14.4 Å². The van der Waals surface area contributed by atoms with Crippen molar-refractivity contribution in [2.75, 3.05) is 33.2 Å². The zero-order valence-electron chi connectivity index (χ0n) is 18.9. The molecule has 0 saturated carbocycles. The molecule has 0 aliphatic heterocycles. The first kappa shape index (κ1) is 21.9. The van der Waals surface area contributed by atoms with Gasteiger partial charge in [0, 0.05) is 25.3 Å². The van der Waals surface area contributed by atoms with Crippen LogP contribution in [0, 0.1) is 0 Å². The number of benzene rings is 4. The Labute approximate surface area is 192 Å². The van der Waals surface area contributed by atoms with Gasteiger partial charge in [-0.2, -0.15) is 0 Å². The fourth-order valence-electron chi connectivity index (χ4n) is 4.02. The van der Waals surface area contributed by atoms with E-state index in [0.29, 0.717) is 0 Å². The van der Waals surface area contributed by atoms with Crippen molar-refractivity contribution in [3.05, 3.63) is 97.1 Å². The second-order valence-electron chi connectivity index (χ2n) is 7.61. The summed E-state index contributed by atoms with van der Waals surface area (Å²) < 4.78 is 11.8. The van der Waals surface area contributed by atoms with Crippen LogP contribution in [0.3, 0.4) is 0 Å². The van der Waals surface area contributed by atoms with Crippen molar-refractivity contribution in [1.82, 2.24) is 0 Å². The number of nitrogens with zero attached hydrogens (tertiary/aromatic N) is 1. The molecule has 0 aliphatic rings. The van der Waals surface area contributed by atoms with E-state index in [1.807, 2.05) is 18.2 Å². The highest BCUT2D eigenvalue weighted by molar-refractivity contribution is 7.80. The quantitative estimate of drug-likeness (QED) is 0.368. The minimum Gasteiger partial charge on any atom is -0.496 e. The summed E-state index contributed by atoms with van der Waals surface area (Å²) in [6.07, 6.45) is 0. The first-order chi connectivity index (χ1) is 15.7. The second-order valence-corrected chi connectivity index (χ2v) is 9.80. The summed E-state index contributed by atoms with van der Waals surface area (Å²) in [4.78, 5) is 2.13. The van der Waals surface area contributed by atoms with Gasteiger partial charge in [-0.1, -0.05) is 78.9 Å². The van der Waals surface area contributed by atoms with E-state index in [4.69, 9.17) is 9.47 Å². The third-order valence-electron chi connectivity index (χ3n) is 5.45. The van der Waals surface area contributed by atoms with Gasteiger partial charge in [0.05, 0.1) is 19.8 Å². The summed E-state index contributed by atoms with van der Waals surface area (Å²) in [6, 6.07) is 34.0. The number of anilines is 1. The normalized spacial score (nSPS) is 10.8. The maximum atomic E-state index is 5.93. The van der Waals surface area contributed by atoms with Crippen molar-refractivity contribution in [1.29, 1.82) is 0 Å². The monoisotopic (exact) mass is 441 g/mol. The molecule has 0 atom stereocenters. The lowest BCUT2D eigenvalue weighted by atomic mass is 10.0. The van der Waals surface area contributed by atoms with E-state index in [1.54, 1.807) is 14.2 Å². The molecule has 0 amide bonds. The van der Waals surface area contributed by atoms with Gasteiger partial charge in [-0.15, -0.1) is 0 Å². The van der Waals surface area contributed by atoms with E-state index < -0.39 is 7.92 Å². The average molecular weight is 442 g/mol. The second kappa shape index (κ2) is 9.89. The van der Waals surface area contributed by atoms with Crippen molar-refractivity contribution in [3.8, 4) is 22.6 Å². The number of hydrogen-bond donors (Lipinski definition) is 0. The third kappa shape index (κ3) is 4.22. The summed E-state index contributed by atoms with van der Waals surface area (Å²) >= 11 is 0. The smallest absolute Gasteiger partial charge is 0.128 e. The molecule has 4 aromatic rings. The number of hydrogen-bond acceptors (Lipinski definition) is 3. The number of methoxy groups -OCH3 is 2. The molecule has 4 rings (SSSR count). The lowest BCUT2D eigenvalue weighted by Crippen LogP contribution is -2.23. The lowest BCUT2D eigenvalue weighted by Gasteiger charge is -2.27. The van der Waals surface area contributed by atoms with Crippen LogP contribution in [-0.2, 0) is 0 Å². The van der Waals surface area contributed by atoms with Gasteiger partial charge >= 0.3 is 0 Å². The first-order valence-corrected chi connectivity index (χ1v) is 11.9. The van der Waals surface area contributed by atoms with Crippen LogP contribution >= 0.6 is 7.92 Å². The van der Waals surface area contributed by atoms with Crippen LogP contribution in [0.1, 0.15) is 0 Å². The van der Waals surface area contributed by atoms with E-state index in [-0.39, 0.29) is 0 Å². The topological polar surface area (TPSA) is 21.7 Å². The lowest BCUT2D eigenvalue weighted by molar-refractivity contribution is 0.410. The van der Waals surface area contributed by atoms with Crippen molar-refractivity contribution in [2.24, 2.45) is 0 Å². The molecule has 32 heavy (non-hydrogen) atoms. The van der Waals surface area contributed by atoms with E-state index in [0.717, 1.165) is 28.3 Å². The molecule has 4 heteroatoms. The molecule has 162 valence electrons. The van der Waals surface area contributed by atoms with Crippen LogP contribution in [0.25, 0.3) is 11.1 Å². The van der Waals surface area contributed by atoms with Crippen LogP contribution in [0.5, 0.6) is 11.5 Å². The molecule has 4 aromatic carbocycles. The molecule has 0 spiro atoms. The van der Waals surface area contributed by atoms with Gasteiger partial charge in [0.25, 0.3) is 0 Å². The summed E-state index contributed by atoms with van der Waals surface area (Å²) in [5, 5.41) is 3.83. The van der Waals surface area contributed by atoms with Crippen LogP contribution in [0.4, 0.5) is 5.69 Å². The molecule has 0 radical (unpaired) electrons. The van der Waals surface area contributed by atoms with E-state index >= 15 is 0 Å². The summed E-state index contributed by atoms with van der Waals surface area (Å²) in [6.45, 7) is 0. The maximum Gasteiger partial charge on any atom is 0.128 e. The largest absolute Gasteiger partial charge is 0.496 e. The standard InChI is InChI=1S/C28H28NO2P/c1-29(2)23-17-11-18-24(30-3)27(23)28-25(31-4)19-12-20-26(28)32(21-13-7-5-8-14-21)22-15-9-6-10-16-22/h5-20H,1-4H3. The number of rotatable bonds is 7. The highest BCUT2D eigenvalue weighted by Crippen LogP contribution is 2.46. The Hall–Kier alpha value is -3.29. The molecular weight excluding hydrogens is 413 g/mol. The first-order valence-electron chi connectivity index (χ1n) is 10.6. The van der Waals surface area contributed by atoms with Crippen LogP contribution in [0.2, 0.25) is 0 Å². The van der Waals surface area contributed by atoms with E-state index in [1.165, 1.54) is 15.9 Å². The molecule has 0 heterocycles. The Kier molecular flexibility index (Phi) is 6.78. The third-order valence-corrected chi connectivity index (χ3v) is 7.93. The van der Waals surface area contributed by atoms with Crippen LogP contribution < -0.4 is 30.3 Å². The Balaban J connectivity index is 2.08. The SMILES string of the molecule is COc1cccc(N(C)C)c1-c1c(OC)cccc1P(c1ccccc1)c1ccccc1. The predicted octanol–water partition coefficient (Wildman–Crippen LogP) is 5.20. The molecule has 0 unspecified atom stereocenters. The van der Waals surface area contributed by atoms with Crippen LogP contribution in [-0.4, -0.2) is 28.3 Å². The molecule has 3 nitrogen and oxygen atoms in total. The van der Waals surface area contributed by atoms with E-state index in [2.05, 4.69) is 97.9 Å². The minimum absolute atomic E-state index is 0.815. The molecule has 0 aliphatic carbocycles. The zero-order chi connectivity index (χ0) is 22.5. The van der Waals surface area contributed by atoms with Crippen molar-refractivity contribution < 1.29 is 9.47 Å². The highest BCUT2D eigenvalue weighted by Gasteiger charge is 2.26. The summed E-state index contributed by atoms with van der Waals surface area (Å²) in [7, 11) is 6.77. The summed E-state index contributed by atoms with van der Waals surface area (Å²) in [5.74, 6) is 1.67. The van der Waals surface area contributed by atoms with Gasteiger partial charge in [0.2, 0.25) is 0 Å². The van der Waals surface area contributed by atoms with Crippen molar-refractivity contribution in [2.45, 2.75) is 0 Å². The highest BCUT2D eigenvalue weighted by atomic mass is 31.1. The Morgan fingerprint density at radius 2 is 1.06 bits per heavy atom. The van der Waals surface area contributed by atoms with Gasteiger partial charge in [0.15, 0.2) is 0 Å². The Morgan fingerprint density at radius 3 is 1.56 bits per heavy atom. The minimum atomic E-state index is -0.815. The molecule has 0 aromatic heterocycles. The average Bonchev–Trinajstić information content (AvgIpc) is 2.85. The van der Waals surface area contributed by atoms with Gasteiger partial charge in [0.1, 0.15) is 11.5 Å². The fraction of sp³-hybridized carbons (Fsp3) is 0.143. The molecule has 0 N–H and O–H groups in total.